The number of thiophene rings is 1. The van der Waals surface area contributed by atoms with Crippen LogP contribution >= 0.6 is 11.3 Å². The van der Waals surface area contributed by atoms with Gasteiger partial charge in [0, 0.05) is 12.4 Å². The van der Waals surface area contributed by atoms with Crippen LogP contribution in [0.2, 0.25) is 0 Å². The molecule has 0 bridgehead atoms. The predicted octanol–water partition coefficient (Wildman–Crippen LogP) is 2.46. The molecule has 0 saturated carbocycles. The summed E-state index contributed by atoms with van der Waals surface area (Å²) < 4.78 is 5.34. The fourth-order valence-electron chi connectivity index (χ4n) is 1.68. The van der Waals surface area contributed by atoms with Crippen molar-refractivity contribution in [1.29, 1.82) is 0 Å². The molecule has 0 spiro atoms. The van der Waals surface area contributed by atoms with Gasteiger partial charge in [0.05, 0.1) is 18.0 Å². The first-order chi connectivity index (χ1) is 7.86. The van der Waals surface area contributed by atoms with Crippen LogP contribution in [0.3, 0.4) is 0 Å². The van der Waals surface area contributed by atoms with E-state index < -0.39 is 0 Å². The molecular formula is C12H14N2OS. The summed E-state index contributed by atoms with van der Waals surface area (Å²) in [7, 11) is 3.64. The first-order valence-electron chi connectivity index (χ1n) is 5.05. The van der Waals surface area contributed by atoms with Crippen LogP contribution in [-0.4, -0.2) is 19.1 Å². The Labute approximate surface area is 99.1 Å². The summed E-state index contributed by atoms with van der Waals surface area (Å²) in [5, 5.41) is 5.32. The van der Waals surface area contributed by atoms with Gasteiger partial charge in [0.2, 0.25) is 0 Å². The molecule has 1 unspecified atom stereocenters. The molecule has 3 nitrogen and oxygen atoms in total. The van der Waals surface area contributed by atoms with Crippen LogP contribution in [-0.2, 0) is 0 Å². The van der Waals surface area contributed by atoms with E-state index in [1.54, 1.807) is 24.6 Å². The quantitative estimate of drug-likeness (QED) is 0.882. The van der Waals surface area contributed by atoms with Gasteiger partial charge in [0.25, 0.3) is 0 Å². The van der Waals surface area contributed by atoms with Crippen molar-refractivity contribution in [1.82, 2.24) is 10.3 Å². The van der Waals surface area contributed by atoms with Gasteiger partial charge < -0.3 is 10.1 Å². The van der Waals surface area contributed by atoms with Gasteiger partial charge in [-0.1, -0.05) is 6.07 Å². The summed E-state index contributed by atoms with van der Waals surface area (Å²) in [6, 6.07) is 6.14. The van der Waals surface area contributed by atoms with Crippen LogP contribution in [0.15, 0.2) is 36.0 Å². The number of ether oxygens (including phenoxy) is 1. The summed E-state index contributed by atoms with van der Waals surface area (Å²) in [6.07, 6.45) is 3.65. The molecular weight excluding hydrogens is 220 g/mol. The van der Waals surface area contributed by atoms with Gasteiger partial charge in [-0.15, -0.1) is 11.3 Å². The highest BCUT2D eigenvalue weighted by molar-refractivity contribution is 7.10. The molecule has 4 heteroatoms. The molecule has 0 aromatic carbocycles. The van der Waals surface area contributed by atoms with E-state index in [9.17, 15) is 0 Å². The van der Waals surface area contributed by atoms with E-state index in [0.29, 0.717) is 0 Å². The Morgan fingerprint density at radius 2 is 2.31 bits per heavy atom. The monoisotopic (exact) mass is 234 g/mol. The molecule has 0 aliphatic rings. The number of aromatic nitrogens is 1. The number of nitrogens with one attached hydrogen (secondary N) is 1. The maximum absolute atomic E-state index is 5.34. The highest BCUT2D eigenvalue weighted by Crippen LogP contribution is 2.34. The minimum Gasteiger partial charge on any atom is -0.496 e. The molecule has 16 heavy (non-hydrogen) atoms. The normalized spacial score (nSPS) is 12.4. The van der Waals surface area contributed by atoms with Crippen molar-refractivity contribution in [2.45, 2.75) is 6.04 Å². The highest BCUT2D eigenvalue weighted by atomic mass is 32.1. The minimum absolute atomic E-state index is 0.142. The summed E-state index contributed by atoms with van der Waals surface area (Å²) in [6.45, 7) is 0. The fraction of sp³-hybridized carbons (Fsp3) is 0.250. The second kappa shape index (κ2) is 5.09. The van der Waals surface area contributed by atoms with Gasteiger partial charge in [-0.3, -0.25) is 4.98 Å². The summed E-state index contributed by atoms with van der Waals surface area (Å²) >= 11 is 1.69. The zero-order valence-electron chi connectivity index (χ0n) is 9.31. The molecule has 0 amide bonds. The van der Waals surface area contributed by atoms with E-state index in [4.69, 9.17) is 4.74 Å². The Kier molecular flexibility index (Phi) is 3.54. The smallest absolute Gasteiger partial charge is 0.134 e. The lowest BCUT2D eigenvalue weighted by Gasteiger charge is -2.16. The van der Waals surface area contributed by atoms with Crippen LogP contribution in [0, 0.1) is 0 Å². The van der Waals surface area contributed by atoms with Crippen LogP contribution in [0.4, 0.5) is 0 Å². The van der Waals surface area contributed by atoms with Crippen molar-refractivity contribution >= 4 is 11.3 Å². The van der Waals surface area contributed by atoms with Gasteiger partial charge in [0.1, 0.15) is 5.75 Å². The summed E-state index contributed by atoms with van der Waals surface area (Å²) in [4.78, 5) is 5.32. The topological polar surface area (TPSA) is 34.2 Å². The molecule has 0 radical (unpaired) electrons. The molecule has 2 rings (SSSR count). The number of rotatable bonds is 4. The van der Waals surface area contributed by atoms with E-state index in [2.05, 4.69) is 16.4 Å². The second-order valence-electron chi connectivity index (χ2n) is 3.36. The van der Waals surface area contributed by atoms with E-state index >= 15 is 0 Å². The van der Waals surface area contributed by atoms with E-state index in [-0.39, 0.29) is 6.04 Å². The number of pyridine rings is 1. The Hall–Kier alpha value is -1.39. The van der Waals surface area contributed by atoms with Gasteiger partial charge in [-0.25, -0.2) is 0 Å². The molecule has 1 atom stereocenters. The number of hydrogen-bond donors (Lipinski definition) is 1. The van der Waals surface area contributed by atoms with Crippen LogP contribution in [0.5, 0.6) is 5.75 Å². The first kappa shape index (κ1) is 11.1. The molecule has 0 aliphatic carbocycles. The van der Waals surface area contributed by atoms with E-state index in [0.717, 1.165) is 11.3 Å². The van der Waals surface area contributed by atoms with E-state index in [1.807, 2.05) is 30.8 Å². The highest BCUT2D eigenvalue weighted by Gasteiger charge is 2.17. The second-order valence-corrected chi connectivity index (χ2v) is 4.31. The van der Waals surface area contributed by atoms with Crippen molar-refractivity contribution in [2.75, 3.05) is 14.2 Å². The molecule has 2 aromatic rings. The third-order valence-corrected chi connectivity index (χ3v) is 3.41. The average Bonchev–Trinajstić information content (AvgIpc) is 2.80. The summed E-state index contributed by atoms with van der Waals surface area (Å²) in [5.41, 5.74) is 1.14. The number of nitrogens with zero attached hydrogens (tertiary/aromatic N) is 1. The average molecular weight is 234 g/mol. The van der Waals surface area contributed by atoms with Gasteiger partial charge in [-0.2, -0.15) is 0 Å². The lowest BCUT2D eigenvalue weighted by Crippen LogP contribution is -2.17. The lowest BCUT2D eigenvalue weighted by atomic mass is 10.1. The molecule has 2 aromatic heterocycles. The van der Waals surface area contributed by atoms with Crippen LogP contribution in [0.25, 0.3) is 0 Å². The lowest BCUT2D eigenvalue weighted by molar-refractivity contribution is 0.408. The molecule has 84 valence electrons. The third-order valence-electron chi connectivity index (χ3n) is 2.45. The van der Waals surface area contributed by atoms with Gasteiger partial charge in [0.15, 0.2) is 0 Å². The molecule has 0 aliphatic heterocycles. The zero-order chi connectivity index (χ0) is 11.4. The standard InChI is InChI=1S/C12H14N2OS/c1-13-11(9-4-3-6-14-8-9)12-10(15-2)5-7-16-12/h3-8,11,13H,1-2H3. The van der Waals surface area contributed by atoms with Crippen molar-refractivity contribution in [2.24, 2.45) is 0 Å². The number of hydrogen-bond acceptors (Lipinski definition) is 4. The Bertz CT molecular complexity index is 441. The van der Waals surface area contributed by atoms with Crippen molar-refractivity contribution in [3.63, 3.8) is 0 Å². The van der Waals surface area contributed by atoms with E-state index in [1.165, 1.54) is 4.88 Å². The molecule has 2 heterocycles. The molecule has 1 N–H and O–H groups in total. The Balaban J connectivity index is 2.37. The first-order valence-corrected chi connectivity index (χ1v) is 5.93. The molecule has 0 fully saturated rings. The zero-order valence-corrected chi connectivity index (χ0v) is 10.1. The van der Waals surface area contributed by atoms with Crippen LogP contribution < -0.4 is 10.1 Å². The SMILES string of the molecule is CNC(c1cccnc1)c1sccc1OC. The Morgan fingerprint density at radius 1 is 1.44 bits per heavy atom. The van der Waals surface area contributed by atoms with Gasteiger partial charge in [-0.05, 0) is 30.1 Å². The largest absolute Gasteiger partial charge is 0.496 e. The minimum atomic E-state index is 0.142. The third kappa shape index (κ3) is 2.08. The predicted molar refractivity (Wildman–Crippen MR) is 66.0 cm³/mol. The maximum Gasteiger partial charge on any atom is 0.134 e. The molecule has 0 saturated heterocycles. The fourth-order valence-corrected chi connectivity index (χ4v) is 2.68. The van der Waals surface area contributed by atoms with Crippen molar-refractivity contribution in [3.8, 4) is 5.75 Å². The van der Waals surface area contributed by atoms with Crippen LogP contribution in [0.1, 0.15) is 16.5 Å². The Morgan fingerprint density at radius 3 is 2.94 bits per heavy atom. The van der Waals surface area contributed by atoms with Crippen molar-refractivity contribution < 1.29 is 4.74 Å². The summed E-state index contributed by atoms with van der Waals surface area (Å²) in [5.74, 6) is 0.924. The van der Waals surface area contributed by atoms with Crippen molar-refractivity contribution in [3.05, 3.63) is 46.4 Å². The maximum atomic E-state index is 5.34. The number of methoxy groups -OCH3 is 1. The van der Waals surface area contributed by atoms with Gasteiger partial charge >= 0.3 is 0 Å².